The quantitative estimate of drug-likeness (QED) is 0.883. The molecule has 2 N–H and O–H groups in total. The molecule has 26 heavy (non-hydrogen) atoms. The highest BCUT2D eigenvalue weighted by molar-refractivity contribution is 5.89. The number of rotatable bonds is 4. The molecule has 0 atom stereocenters. The monoisotopic (exact) mass is 354 g/mol. The van der Waals surface area contributed by atoms with Crippen LogP contribution in [0.15, 0.2) is 30.3 Å². The summed E-state index contributed by atoms with van der Waals surface area (Å²) >= 11 is 0. The highest BCUT2D eigenvalue weighted by Gasteiger charge is 2.22. The molecule has 0 spiro atoms. The van der Waals surface area contributed by atoms with Crippen molar-refractivity contribution in [1.29, 1.82) is 0 Å². The Morgan fingerprint density at radius 1 is 1.08 bits per heavy atom. The van der Waals surface area contributed by atoms with Crippen LogP contribution in [0.4, 0.5) is 22.2 Å². The van der Waals surface area contributed by atoms with Crippen LogP contribution in [0, 0.1) is 13.8 Å². The summed E-state index contributed by atoms with van der Waals surface area (Å²) in [6.07, 6.45) is 0. The molecule has 1 aromatic carbocycles. The second kappa shape index (κ2) is 8.03. The van der Waals surface area contributed by atoms with Crippen molar-refractivity contribution < 1.29 is 4.79 Å². The summed E-state index contributed by atoms with van der Waals surface area (Å²) in [4.78, 5) is 25.5. The number of urea groups is 1. The zero-order chi connectivity index (χ0) is 18.5. The topological polar surface area (TPSA) is 73.4 Å². The number of benzene rings is 1. The third kappa shape index (κ3) is 4.41. The van der Waals surface area contributed by atoms with Gasteiger partial charge in [0.05, 0.1) is 0 Å². The third-order valence-corrected chi connectivity index (χ3v) is 4.37. The summed E-state index contributed by atoms with van der Waals surface area (Å²) in [7, 11) is 0. The molecule has 0 unspecified atom stereocenters. The Hall–Kier alpha value is -2.83. The van der Waals surface area contributed by atoms with E-state index in [0.29, 0.717) is 19.0 Å². The van der Waals surface area contributed by atoms with Gasteiger partial charge in [-0.1, -0.05) is 17.7 Å². The maximum Gasteiger partial charge on any atom is 0.321 e. The largest absolute Gasteiger partial charge is 0.354 e. The second-order valence-electron chi connectivity index (χ2n) is 6.49. The Kier molecular flexibility index (Phi) is 5.55. The molecular formula is C19H26N6O. The Morgan fingerprint density at radius 3 is 2.42 bits per heavy atom. The first-order chi connectivity index (χ1) is 12.5. The average molecular weight is 354 g/mol. The number of carbonyl (C=O) groups is 1. The predicted octanol–water partition coefficient (Wildman–Crippen LogP) is 2.88. The van der Waals surface area contributed by atoms with Gasteiger partial charge in [-0.2, -0.15) is 4.98 Å². The minimum Gasteiger partial charge on any atom is -0.354 e. The van der Waals surface area contributed by atoms with Gasteiger partial charge in [0, 0.05) is 50.2 Å². The molecule has 138 valence electrons. The minimum absolute atomic E-state index is 0.0549. The fraction of sp³-hybridized carbons (Fsp3) is 0.421. The van der Waals surface area contributed by atoms with Crippen LogP contribution in [0.3, 0.4) is 0 Å². The van der Waals surface area contributed by atoms with Gasteiger partial charge in [-0.05, 0) is 32.9 Å². The van der Waals surface area contributed by atoms with Gasteiger partial charge in [0.15, 0.2) is 0 Å². The molecule has 2 amide bonds. The highest BCUT2D eigenvalue weighted by Crippen LogP contribution is 2.17. The van der Waals surface area contributed by atoms with Crippen LogP contribution in [-0.2, 0) is 0 Å². The maximum absolute atomic E-state index is 12.4. The van der Waals surface area contributed by atoms with Crippen LogP contribution in [-0.4, -0.2) is 53.6 Å². The predicted molar refractivity (Wildman–Crippen MR) is 105 cm³/mol. The van der Waals surface area contributed by atoms with Gasteiger partial charge < -0.3 is 20.4 Å². The molecule has 1 aromatic heterocycles. The smallest absolute Gasteiger partial charge is 0.321 e. The minimum atomic E-state index is -0.0549. The first kappa shape index (κ1) is 18.0. The number of anilines is 3. The Balaban J connectivity index is 1.58. The second-order valence-corrected chi connectivity index (χ2v) is 6.49. The molecule has 1 saturated heterocycles. The van der Waals surface area contributed by atoms with E-state index >= 15 is 0 Å². The van der Waals surface area contributed by atoms with E-state index in [2.05, 4.69) is 25.5 Å². The number of nitrogens with one attached hydrogen (secondary N) is 2. The van der Waals surface area contributed by atoms with Gasteiger partial charge in [-0.25, -0.2) is 9.78 Å². The van der Waals surface area contributed by atoms with Crippen molar-refractivity contribution >= 4 is 23.5 Å². The lowest BCUT2D eigenvalue weighted by Gasteiger charge is -2.35. The van der Waals surface area contributed by atoms with Gasteiger partial charge in [0.1, 0.15) is 5.82 Å². The van der Waals surface area contributed by atoms with E-state index < -0.39 is 0 Å². The number of amides is 2. The van der Waals surface area contributed by atoms with Crippen molar-refractivity contribution in [2.45, 2.75) is 20.8 Å². The SMILES string of the molecule is CCNc1nc(C)cc(N2CCN(C(=O)Nc3ccc(C)cc3)CC2)n1. The average Bonchev–Trinajstić information content (AvgIpc) is 2.63. The van der Waals surface area contributed by atoms with Crippen molar-refractivity contribution in [2.75, 3.05) is 48.3 Å². The molecule has 1 fully saturated rings. The molecule has 0 aliphatic carbocycles. The normalized spacial score (nSPS) is 14.3. The molecule has 1 aliphatic rings. The molecular weight excluding hydrogens is 328 g/mol. The molecule has 1 aliphatic heterocycles. The van der Waals surface area contributed by atoms with E-state index in [0.717, 1.165) is 36.8 Å². The number of hydrogen-bond donors (Lipinski definition) is 2. The van der Waals surface area contributed by atoms with Crippen molar-refractivity contribution in [2.24, 2.45) is 0 Å². The van der Waals surface area contributed by atoms with E-state index in [-0.39, 0.29) is 6.03 Å². The molecule has 2 heterocycles. The molecule has 7 nitrogen and oxygen atoms in total. The van der Waals surface area contributed by atoms with E-state index in [1.807, 2.05) is 56.0 Å². The molecule has 3 rings (SSSR count). The lowest BCUT2D eigenvalue weighted by atomic mass is 10.2. The van der Waals surface area contributed by atoms with Crippen molar-refractivity contribution in [3.8, 4) is 0 Å². The summed E-state index contributed by atoms with van der Waals surface area (Å²) in [6, 6.07) is 9.77. The van der Waals surface area contributed by atoms with E-state index in [4.69, 9.17) is 0 Å². The number of hydrogen-bond acceptors (Lipinski definition) is 5. The molecule has 0 radical (unpaired) electrons. The standard InChI is InChI=1S/C19H26N6O/c1-4-20-18-21-15(3)13-17(23-18)24-9-11-25(12-10-24)19(26)22-16-7-5-14(2)6-8-16/h5-8,13H,4,9-12H2,1-3H3,(H,22,26)(H,20,21,23). The van der Waals surface area contributed by atoms with Gasteiger partial charge in [-0.15, -0.1) is 0 Å². The number of aromatic nitrogens is 2. The van der Waals surface area contributed by atoms with Gasteiger partial charge in [-0.3, -0.25) is 0 Å². The van der Waals surface area contributed by atoms with Gasteiger partial charge in [0.25, 0.3) is 0 Å². The molecule has 2 aromatic rings. The number of piperazine rings is 1. The number of nitrogens with zero attached hydrogens (tertiary/aromatic N) is 4. The van der Waals surface area contributed by atoms with Crippen LogP contribution in [0.25, 0.3) is 0 Å². The maximum atomic E-state index is 12.4. The zero-order valence-corrected chi connectivity index (χ0v) is 15.6. The van der Waals surface area contributed by atoms with Crippen LogP contribution >= 0.6 is 0 Å². The molecule has 0 bridgehead atoms. The Bertz CT molecular complexity index is 753. The summed E-state index contributed by atoms with van der Waals surface area (Å²) in [6.45, 7) is 9.65. The lowest BCUT2D eigenvalue weighted by Crippen LogP contribution is -2.50. The van der Waals surface area contributed by atoms with Crippen molar-refractivity contribution in [3.05, 3.63) is 41.6 Å². The lowest BCUT2D eigenvalue weighted by molar-refractivity contribution is 0.208. The van der Waals surface area contributed by atoms with Crippen molar-refractivity contribution in [3.63, 3.8) is 0 Å². The van der Waals surface area contributed by atoms with Crippen LogP contribution in [0.1, 0.15) is 18.2 Å². The fourth-order valence-corrected chi connectivity index (χ4v) is 2.93. The molecule has 0 saturated carbocycles. The Labute approximate surface area is 154 Å². The fourth-order valence-electron chi connectivity index (χ4n) is 2.93. The summed E-state index contributed by atoms with van der Waals surface area (Å²) in [5.41, 5.74) is 2.93. The third-order valence-electron chi connectivity index (χ3n) is 4.37. The molecule has 7 heteroatoms. The van der Waals surface area contributed by atoms with E-state index in [1.54, 1.807) is 0 Å². The Morgan fingerprint density at radius 2 is 1.77 bits per heavy atom. The van der Waals surface area contributed by atoms with Gasteiger partial charge in [0.2, 0.25) is 5.95 Å². The summed E-state index contributed by atoms with van der Waals surface area (Å²) < 4.78 is 0. The summed E-state index contributed by atoms with van der Waals surface area (Å²) in [5.74, 6) is 1.56. The van der Waals surface area contributed by atoms with Gasteiger partial charge >= 0.3 is 6.03 Å². The number of aryl methyl sites for hydroxylation is 2. The van der Waals surface area contributed by atoms with Crippen molar-refractivity contribution in [1.82, 2.24) is 14.9 Å². The highest BCUT2D eigenvalue weighted by atomic mass is 16.2. The van der Waals surface area contributed by atoms with E-state index in [1.165, 1.54) is 5.56 Å². The first-order valence-electron chi connectivity index (χ1n) is 9.02. The van der Waals surface area contributed by atoms with Crippen LogP contribution < -0.4 is 15.5 Å². The van der Waals surface area contributed by atoms with Crippen LogP contribution in [0.5, 0.6) is 0 Å². The van der Waals surface area contributed by atoms with E-state index in [9.17, 15) is 4.79 Å². The summed E-state index contributed by atoms with van der Waals surface area (Å²) in [5, 5.41) is 6.12. The van der Waals surface area contributed by atoms with Crippen LogP contribution in [0.2, 0.25) is 0 Å². The zero-order valence-electron chi connectivity index (χ0n) is 15.6. The first-order valence-corrected chi connectivity index (χ1v) is 9.02. The number of carbonyl (C=O) groups excluding carboxylic acids is 1.